The minimum atomic E-state index is -0.519. The van der Waals surface area contributed by atoms with E-state index in [0.717, 1.165) is 17.1 Å². The summed E-state index contributed by atoms with van der Waals surface area (Å²) in [5, 5.41) is 7.78. The highest BCUT2D eigenvalue weighted by Gasteiger charge is 2.52. The molecule has 0 amide bonds. The van der Waals surface area contributed by atoms with Gasteiger partial charge in [-0.3, -0.25) is 0 Å². The molecule has 0 saturated heterocycles. The molecule has 11 aromatic carbocycles. The van der Waals surface area contributed by atoms with Gasteiger partial charge < -0.3 is 4.90 Å². The van der Waals surface area contributed by atoms with Gasteiger partial charge in [0, 0.05) is 16.9 Å². The van der Waals surface area contributed by atoms with Gasteiger partial charge in [-0.05, 0) is 136 Å². The molecule has 0 radical (unpaired) electrons. The molecule has 0 fully saturated rings. The van der Waals surface area contributed by atoms with Gasteiger partial charge in [-0.15, -0.1) is 0 Å². The average molecular weight is 786 g/mol. The molecule has 1 unspecified atom stereocenters. The normalized spacial score (nSPS) is 14.5. The monoisotopic (exact) mass is 785 g/mol. The Bertz CT molecular complexity index is 3470. The van der Waals surface area contributed by atoms with Crippen molar-refractivity contribution in [3.63, 3.8) is 0 Å². The number of anilines is 3. The van der Waals surface area contributed by atoms with Crippen molar-refractivity contribution in [1.29, 1.82) is 0 Å². The van der Waals surface area contributed by atoms with Crippen molar-refractivity contribution < 1.29 is 0 Å². The quantitative estimate of drug-likeness (QED) is 0.157. The van der Waals surface area contributed by atoms with Crippen LogP contribution in [-0.2, 0) is 5.41 Å². The van der Waals surface area contributed by atoms with Crippen LogP contribution in [0.1, 0.15) is 22.3 Å². The van der Waals surface area contributed by atoms with Crippen molar-refractivity contribution in [3.05, 3.63) is 259 Å². The van der Waals surface area contributed by atoms with Crippen LogP contribution in [0.2, 0.25) is 0 Å². The third-order valence-electron chi connectivity index (χ3n) is 13.7. The number of fused-ring (bicyclic) bond motifs is 16. The molecule has 1 spiro atoms. The van der Waals surface area contributed by atoms with E-state index in [1.165, 1.54) is 99.1 Å². The van der Waals surface area contributed by atoms with Gasteiger partial charge in [0.25, 0.3) is 0 Å². The molecule has 1 heteroatoms. The number of rotatable bonds is 5. The van der Waals surface area contributed by atoms with Gasteiger partial charge in [0.15, 0.2) is 0 Å². The van der Waals surface area contributed by atoms with Crippen molar-refractivity contribution in [2.45, 2.75) is 5.41 Å². The van der Waals surface area contributed by atoms with E-state index in [1.807, 2.05) is 0 Å². The van der Waals surface area contributed by atoms with Gasteiger partial charge in [-0.25, -0.2) is 0 Å². The van der Waals surface area contributed by atoms with Gasteiger partial charge in [0.05, 0.1) is 11.1 Å². The van der Waals surface area contributed by atoms with Gasteiger partial charge in [0.2, 0.25) is 0 Å². The minimum absolute atomic E-state index is 0.519. The van der Waals surface area contributed by atoms with Gasteiger partial charge in [-0.2, -0.15) is 0 Å². The first-order chi connectivity index (χ1) is 30.8. The van der Waals surface area contributed by atoms with Crippen LogP contribution in [0.3, 0.4) is 0 Å². The van der Waals surface area contributed by atoms with E-state index in [4.69, 9.17) is 0 Å². The van der Waals surface area contributed by atoms with Gasteiger partial charge in [0.1, 0.15) is 0 Å². The number of nitrogens with zero attached hydrogens (tertiary/aromatic N) is 1. The van der Waals surface area contributed by atoms with E-state index < -0.39 is 5.41 Å². The zero-order valence-electron chi connectivity index (χ0n) is 34.0. The maximum Gasteiger partial charge on any atom is 0.0726 e. The van der Waals surface area contributed by atoms with E-state index >= 15 is 0 Å². The SMILES string of the molecule is c1ccc(-c2ccc(N(c3ccc(-c4ccccc4)cc3)c3cccc4c3-c3ccccc3C43c4ccccc4-c4cc5c6ccccc6c6ccccc6c5cc43)cc2)cc1. The Morgan fingerprint density at radius 1 is 0.258 bits per heavy atom. The highest BCUT2D eigenvalue weighted by molar-refractivity contribution is 6.26. The molecular formula is C61H39N. The van der Waals surface area contributed by atoms with Crippen LogP contribution in [0.15, 0.2) is 237 Å². The van der Waals surface area contributed by atoms with Crippen LogP contribution in [0.4, 0.5) is 17.1 Å². The Hall–Kier alpha value is -8.00. The Labute approximate surface area is 361 Å². The summed E-state index contributed by atoms with van der Waals surface area (Å²) in [5.41, 5.74) is 18.2. The minimum Gasteiger partial charge on any atom is -0.310 e. The van der Waals surface area contributed by atoms with Crippen molar-refractivity contribution in [3.8, 4) is 44.5 Å². The molecule has 13 rings (SSSR count). The Morgan fingerprint density at radius 2 is 0.677 bits per heavy atom. The summed E-state index contributed by atoms with van der Waals surface area (Å²) in [7, 11) is 0. The lowest BCUT2D eigenvalue weighted by atomic mass is 9.70. The number of hydrogen-bond donors (Lipinski definition) is 0. The lowest BCUT2D eigenvalue weighted by molar-refractivity contribution is 0.795. The molecule has 11 aromatic rings. The molecule has 0 aromatic heterocycles. The van der Waals surface area contributed by atoms with E-state index in [1.54, 1.807) is 0 Å². The molecule has 1 nitrogen and oxygen atoms in total. The Balaban J connectivity index is 1.09. The molecule has 0 aliphatic heterocycles. The number of benzene rings is 11. The average Bonchev–Trinajstić information content (AvgIpc) is 3.82. The molecule has 0 N–H and O–H groups in total. The van der Waals surface area contributed by atoms with E-state index in [2.05, 4.69) is 241 Å². The van der Waals surface area contributed by atoms with Gasteiger partial charge in [-0.1, -0.05) is 194 Å². The second-order valence-electron chi connectivity index (χ2n) is 16.7. The zero-order chi connectivity index (χ0) is 40.8. The van der Waals surface area contributed by atoms with E-state index in [9.17, 15) is 0 Å². The van der Waals surface area contributed by atoms with Crippen LogP contribution >= 0.6 is 0 Å². The first kappa shape index (κ1) is 34.8. The van der Waals surface area contributed by atoms with Crippen molar-refractivity contribution in [1.82, 2.24) is 0 Å². The summed E-state index contributed by atoms with van der Waals surface area (Å²) in [6.45, 7) is 0. The van der Waals surface area contributed by atoms with Crippen molar-refractivity contribution >= 4 is 49.4 Å². The summed E-state index contributed by atoms with van der Waals surface area (Å²) in [6, 6.07) is 87.8. The van der Waals surface area contributed by atoms with Crippen molar-refractivity contribution in [2.24, 2.45) is 0 Å². The maximum atomic E-state index is 2.56. The number of hydrogen-bond acceptors (Lipinski definition) is 1. The fourth-order valence-electron chi connectivity index (χ4n) is 11.0. The standard InChI is InChI=1S/C61H39N/c1-3-16-40(17-4-1)42-30-34-44(35-31-42)62(45-36-32-43(33-37-45)41-18-5-2-6-19-41)59-29-15-28-57-60(59)51-25-12-14-27-56(51)61(57)55-26-13-11-24-50(55)54-38-52-48-22-9-7-20-46(48)47-21-8-10-23-49(47)53(52)39-58(54)61/h1-39H. The Kier molecular flexibility index (Phi) is 7.59. The predicted octanol–water partition coefficient (Wildman–Crippen LogP) is 16.3. The first-order valence-corrected chi connectivity index (χ1v) is 21.6. The zero-order valence-corrected chi connectivity index (χ0v) is 34.0. The summed E-state index contributed by atoms with van der Waals surface area (Å²) >= 11 is 0. The van der Waals surface area contributed by atoms with Gasteiger partial charge >= 0.3 is 0 Å². The summed E-state index contributed by atoms with van der Waals surface area (Å²) in [4.78, 5) is 2.47. The van der Waals surface area contributed by atoms with Crippen LogP contribution in [-0.4, -0.2) is 0 Å². The van der Waals surface area contributed by atoms with Crippen LogP contribution in [0.25, 0.3) is 76.8 Å². The summed E-state index contributed by atoms with van der Waals surface area (Å²) in [6.07, 6.45) is 0. The largest absolute Gasteiger partial charge is 0.310 e. The first-order valence-electron chi connectivity index (χ1n) is 21.6. The Morgan fingerprint density at radius 3 is 1.24 bits per heavy atom. The highest BCUT2D eigenvalue weighted by atomic mass is 15.1. The van der Waals surface area contributed by atoms with Crippen LogP contribution in [0, 0.1) is 0 Å². The molecule has 0 heterocycles. The third kappa shape index (κ3) is 4.91. The molecule has 1 atom stereocenters. The maximum absolute atomic E-state index is 2.56. The summed E-state index contributed by atoms with van der Waals surface area (Å²) in [5.74, 6) is 0. The smallest absolute Gasteiger partial charge is 0.0726 e. The fourth-order valence-corrected chi connectivity index (χ4v) is 11.0. The molecule has 2 aliphatic carbocycles. The third-order valence-corrected chi connectivity index (χ3v) is 13.7. The van der Waals surface area contributed by atoms with Crippen molar-refractivity contribution in [2.75, 3.05) is 4.90 Å². The topological polar surface area (TPSA) is 3.24 Å². The molecular weight excluding hydrogens is 747 g/mol. The molecule has 62 heavy (non-hydrogen) atoms. The predicted molar refractivity (Wildman–Crippen MR) is 261 cm³/mol. The lowest BCUT2D eigenvalue weighted by Crippen LogP contribution is -2.26. The molecule has 0 bridgehead atoms. The lowest BCUT2D eigenvalue weighted by Gasteiger charge is -2.32. The second kappa shape index (κ2) is 13.5. The highest BCUT2D eigenvalue weighted by Crippen LogP contribution is 2.65. The summed E-state index contributed by atoms with van der Waals surface area (Å²) < 4.78 is 0. The van der Waals surface area contributed by atoms with Crippen LogP contribution in [0.5, 0.6) is 0 Å². The second-order valence-corrected chi connectivity index (χ2v) is 16.7. The van der Waals surface area contributed by atoms with E-state index in [-0.39, 0.29) is 0 Å². The molecule has 2 aliphatic rings. The fraction of sp³-hybridized carbons (Fsp3) is 0.0164. The molecule has 288 valence electrons. The van der Waals surface area contributed by atoms with Crippen LogP contribution < -0.4 is 4.90 Å². The molecule has 0 saturated carbocycles. The van der Waals surface area contributed by atoms with E-state index in [0.29, 0.717) is 0 Å².